The summed E-state index contributed by atoms with van der Waals surface area (Å²) in [6.07, 6.45) is 0.593. The van der Waals surface area contributed by atoms with Gasteiger partial charge in [-0.1, -0.05) is 35.9 Å². The molecule has 3 aromatic rings. The summed E-state index contributed by atoms with van der Waals surface area (Å²) in [6, 6.07) is 16.2. The van der Waals surface area contributed by atoms with Crippen molar-refractivity contribution in [3.05, 3.63) is 81.8 Å². The minimum absolute atomic E-state index is 0.0488. The minimum Gasteiger partial charge on any atom is -0.496 e. The first-order chi connectivity index (χ1) is 14.0. The Bertz CT molecular complexity index is 1060. The van der Waals surface area contributed by atoms with Crippen molar-refractivity contribution >= 4 is 5.91 Å². The van der Waals surface area contributed by atoms with Gasteiger partial charge < -0.3 is 14.8 Å². The summed E-state index contributed by atoms with van der Waals surface area (Å²) in [5.41, 5.74) is 2.29. The highest BCUT2D eigenvalue weighted by atomic mass is 16.5. The van der Waals surface area contributed by atoms with Gasteiger partial charge in [-0.05, 0) is 37.1 Å². The Labute approximate surface area is 168 Å². The first kappa shape index (κ1) is 20.1. The molecule has 0 radical (unpaired) electrons. The number of nitrogens with one attached hydrogen (secondary N) is 1. The number of nitrogens with zero attached hydrogens (tertiary/aromatic N) is 2. The lowest BCUT2D eigenvalue weighted by Gasteiger charge is -2.12. The smallest absolute Gasteiger partial charge is 0.275 e. The molecule has 29 heavy (non-hydrogen) atoms. The van der Waals surface area contributed by atoms with Gasteiger partial charge in [0.15, 0.2) is 11.4 Å². The van der Waals surface area contributed by atoms with Crippen molar-refractivity contribution in [2.45, 2.75) is 13.3 Å². The number of amides is 1. The molecular weight excluding hydrogens is 370 g/mol. The van der Waals surface area contributed by atoms with Crippen LogP contribution in [0, 0.1) is 6.92 Å². The second kappa shape index (κ2) is 9.05. The van der Waals surface area contributed by atoms with Gasteiger partial charge in [-0.2, -0.15) is 9.78 Å². The maximum Gasteiger partial charge on any atom is 0.275 e. The number of benzene rings is 2. The fourth-order valence-corrected chi connectivity index (χ4v) is 2.93. The predicted molar refractivity (Wildman–Crippen MR) is 110 cm³/mol. The van der Waals surface area contributed by atoms with Gasteiger partial charge in [0.2, 0.25) is 0 Å². The van der Waals surface area contributed by atoms with E-state index >= 15 is 0 Å². The van der Waals surface area contributed by atoms with Crippen LogP contribution in [0.3, 0.4) is 0 Å². The lowest BCUT2D eigenvalue weighted by atomic mass is 10.1. The van der Waals surface area contributed by atoms with Crippen molar-refractivity contribution in [3.63, 3.8) is 0 Å². The number of aryl methyl sites for hydroxylation is 1. The third-order valence-electron chi connectivity index (χ3n) is 4.48. The van der Waals surface area contributed by atoms with Crippen LogP contribution in [0.1, 0.15) is 21.6 Å². The van der Waals surface area contributed by atoms with E-state index in [9.17, 15) is 9.59 Å². The Morgan fingerprint density at radius 3 is 2.41 bits per heavy atom. The third-order valence-corrected chi connectivity index (χ3v) is 4.48. The summed E-state index contributed by atoms with van der Waals surface area (Å²) in [5.74, 6) is 0.483. The number of hydrogen-bond donors (Lipinski definition) is 1. The number of ether oxygens (including phenoxy) is 2. The normalized spacial score (nSPS) is 10.4. The fourth-order valence-electron chi connectivity index (χ4n) is 2.93. The van der Waals surface area contributed by atoms with E-state index in [-0.39, 0.29) is 17.0 Å². The molecule has 0 saturated heterocycles. The first-order valence-corrected chi connectivity index (χ1v) is 9.19. The minimum atomic E-state index is -0.419. The second-order valence-electron chi connectivity index (χ2n) is 6.46. The monoisotopic (exact) mass is 393 g/mol. The zero-order valence-corrected chi connectivity index (χ0v) is 16.6. The number of carbonyl (C=O) groups excluding carboxylic acids is 1. The lowest BCUT2D eigenvalue weighted by molar-refractivity contribution is 0.0943. The molecule has 0 bridgehead atoms. The van der Waals surface area contributed by atoms with Crippen molar-refractivity contribution in [1.82, 2.24) is 15.1 Å². The molecule has 7 heteroatoms. The number of para-hydroxylation sites is 1. The molecular formula is C22H23N3O4. The molecule has 0 aliphatic carbocycles. The summed E-state index contributed by atoms with van der Waals surface area (Å²) < 4.78 is 11.7. The van der Waals surface area contributed by atoms with Crippen molar-refractivity contribution in [1.29, 1.82) is 0 Å². The zero-order valence-electron chi connectivity index (χ0n) is 16.6. The van der Waals surface area contributed by atoms with E-state index in [2.05, 4.69) is 10.4 Å². The Morgan fingerprint density at radius 1 is 1.03 bits per heavy atom. The number of carbonyl (C=O) groups is 1. The topological polar surface area (TPSA) is 82.5 Å². The van der Waals surface area contributed by atoms with Crippen LogP contribution >= 0.6 is 0 Å². The summed E-state index contributed by atoms with van der Waals surface area (Å²) in [7, 11) is 3.01. The molecule has 1 amide bonds. The largest absolute Gasteiger partial charge is 0.496 e. The maximum absolute atomic E-state index is 12.7. The molecule has 1 N–H and O–H groups in total. The van der Waals surface area contributed by atoms with Crippen LogP contribution in [-0.4, -0.2) is 36.5 Å². The predicted octanol–water partition coefficient (Wildman–Crippen LogP) is 2.53. The van der Waals surface area contributed by atoms with Crippen molar-refractivity contribution in [2.24, 2.45) is 0 Å². The number of rotatable bonds is 7. The van der Waals surface area contributed by atoms with Crippen LogP contribution in [0.25, 0.3) is 5.69 Å². The lowest BCUT2D eigenvalue weighted by Crippen LogP contribution is -2.31. The molecule has 7 nitrogen and oxygen atoms in total. The summed E-state index contributed by atoms with van der Waals surface area (Å²) >= 11 is 0. The summed E-state index contributed by atoms with van der Waals surface area (Å²) in [6.45, 7) is 2.34. The van der Waals surface area contributed by atoms with E-state index in [1.54, 1.807) is 19.2 Å². The molecule has 0 unspecified atom stereocenters. The Hall–Kier alpha value is -3.61. The van der Waals surface area contributed by atoms with E-state index in [1.807, 2.05) is 43.3 Å². The van der Waals surface area contributed by atoms with Crippen LogP contribution in [0.5, 0.6) is 11.5 Å². The quantitative estimate of drug-likeness (QED) is 0.667. The van der Waals surface area contributed by atoms with Gasteiger partial charge in [-0.25, -0.2) is 0 Å². The highest BCUT2D eigenvalue weighted by molar-refractivity contribution is 5.94. The molecule has 0 aliphatic heterocycles. The second-order valence-corrected chi connectivity index (χ2v) is 6.46. The van der Waals surface area contributed by atoms with E-state index < -0.39 is 5.91 Å². The molecule has 1 heterocycles. The Balaban J connectivity index is 1.81. The molecule has 1 aromatic heterocycles. The van der Waals surface area contributed by atoms with Gasteiger partial charge in [-0.3, -0.25) is 9.59 Å². The van der Waals surface area contributed by atoms with Crippen LogP contribution in [-0.2, 0) is 6.42 Å². The van der Waals surface area contributed by atoms with Crippen molar-refractivity contribution in [3.8, 4) is 17.2 Å². The van der Waals surface area contributed by atoms with Crippen LogP contribution < -0.4 is 20.3 Å². The molecule has 0 saturated carbocycles. The summed E-state index contributed by atoms with van der Waals surface area (Å²) in [4.78, 5) is 25.1. The first-order valence-electron chi connectivity index (χ1n) is 9.19. The Kier molecular flexibility index (Phi) is 6.29. The number of hydrogen-bond acceptors (Lipinski definition) is 5. The average Bonchev–Trinajstić information content (AvgIpc) is 2.74. The fraction of sp³-hybridized carbons (Fsp3) is 0.227. The maximum atomic E-state index is 12.7. The van der Waals surface area contributed by atoms with Crippen molar-refractivity contribution < 1.29 is 14.3 Å². The van der Waals surface area contributed by atoms with Crippen LogP contribution in [0.4, 0.5) is 0 Å². The van der Waals surface area contributed by atoms with E-state index in [0.29, 0.717) is 18.7 Å². The van der Waals surface area contributed by atoms with Crippen LogP contribution in [0.15, 0.2) is 59.4 Å². The van der Waals surface area contributed by atoms with Gasteiger partial charge in [0.25, 0.3) is 11.5 Å². The SMILES string of the molecule is COc1ccccc1CCNC(=O)c1nn(-c2ccc(C)cc2)c(=O)cc1OC. The molecule has 0 aliphatic rings. The van der Waals surface area contributed by atoms with E-state index in [1.165, 1.54) is 17.9 Å². The highest BCUT2D eigenvalue weighted by Crippen LogP contribution is 2.18. The molecule has 0 spiro atoms. The van der Waals surface area contributed by atoms with Crippen molar-refractivity contribution in [2.75, 3.05) is 20.8 Å². The number of methoxy groups -OCH3 is 2. The average molecular weight is 393 g/mol. The van der Waals surface area contributed by atoms with Gasteiger partial charge in [0.1, 0.15) is 5.75 Å². The van der Waals surface area contributed by atoms with E-state index in [0.717, 1.165) is 16.9 Å². The van der Waals surface area contributed by atoms with Gasteiger partial charge in [0.05, 0.1) is 26.0 Å². The molecule has 0 atom stereocenters. The molecule has 150 valence electrons. The molecule has 0 fully saturated rings. The standard InChI is InChI=1S/C22H23N3O4/c1-15-8-10-17(11-9-15)25-20(26)14-19(29-3)21(24-25)22(27)23-13-12-16-6-4-5-7-18(16)28-2/h4-11,14H,12-13H2,1-3H3,(H,23,27). The zero-order chi connectivity index (χ0) is 20.8. The molecule has 2 aromatic carbocycles. The number of aromatic nitrogens is 2. The van der Waals surface area contributed by atoms with Gasteiger partial charge in [0, 0.05) is 6.54 Å². The molecule has 3 rings (SSSR count). The third kappa shape index (κ3) is 4.63. The van der Waals surface area contributed by atoms with E-state index in [4.69, 9.17) is 9.47 Å². The Morgan fingerprint density at radius 2 is 1.72 bits per heavy atom. The van der Waals surface area contributed by atoms with Gasteiger partial charge >= 0.3 is 0 Å². The highest BCUT2D eigenvalue weighted by Gasteiger charge is 2.18. The van der Waals surface area contributed by atoms with Crippen LogP contribution in [0.2, 0.25) is 0 Å². The summed E-state index contributed by atoms with van der Waals surface area (Å²) in [5, 5.41) is 7.07. The van der Waals surface area contributed by atoms with Gasteiger partial charge in [-0.15, -0.1) is 0 Å².